The molecule has 1 aromatic carbocycles. The zero-order valence-electron chi connectivity index (χ0n) is 15.9. The first-order chi connectivity index (χ1) is 13.1. The Morgan fingerprint density at radius 2 is 2.19 bits per heavy atom. The van der Waals surface area contributed by atoms with Crippen LogP contribution in [0.5, 0.6) is 0 Å². The summed E-state index contributed by atoms with van der Waals surface area (Å²) in [4.78, 5) is 14.0. The molecule has 1 atom stereocenters. The topological polar surface area (TPSA) is 81.8 Å². The molecule has 7 nitrogen and oxygen atoms in total. The van der Waals surface area contributed by atoms with E-state index in [-0.39, 0.29) is 18.1 Å². The molecule has 7 heteroatoms. The molecule has 2 fully saturated rings. The number of rotatable bonds is 4. The number of aromatic nitrogens is 1. The maximum atomic E-state index is 11.6. The predicted molar refractivity (Wildman–Crippen MR) is 104 cm³/mol. The number of hydrogen-bond acceptors (Lipinski definition) is 5. The van der Waals surface area contributed by atoms with Crippen molar-refractivity contribution >= 4 is 16.8 Å². The van der Waals surface area contributed by atoms with E-state index in [1.807, 2.05) is 16.7 Å². The van der Waals surface area contributed by atoms with Gasteiger partial charge in [0.15, 0.2) is 0 Å². The number of carbonyl (C=O) groups is 1. The van der Waals surface area contributed by atoms with Crippen LogP contribution < -0.4 is 11.1 Å². The highest BCUT2D eigenvalue weighted by atomic mass is 16.5. The van der Waals surface area contributed by atoms with Crippen LogP contribution in [-0.2, 0) is 27.4 Å². The molecule has 1 spiro atoms. The van der Waals surface area contributed by atoms with E-state index in [4.69, 9.17) is 15.2 Å². The van der Waals surface area contributed by atoms with Crippen molar-refractivity contribution in [1.82, 2.24) is 14.8 Å². The fraction of sp³-hybridized carbons (Fsp3) is 0.550. The number of hydrogen-bond donors (Lipinski definition) is 2. The van der Waals surface area contributed by atoms with Gasteiger partial charge in [0.05, 0.1) is 19.8 Å². The van der Waals surface area contributed by atoms with Crippen LogP contribution >= 0.6 is 0 Å². The normalized spacial score (nSPS) is 24.3. The summed E-state index contributed by atoms with van der Waals surface area (Å²) < 4.78 is 13.9. The van der Waals surface area contributed by atoms with E-state index >= 15 is 0 Å². The molecule has 0 aliphatic carbocycles. The van der Waals surface area contributed by atoms with Crippen LogP contribution in [-0.4, -0.2) is 67.0 Å². The van der Waals surface area contributed by atoms with Crippen LogP contribution in [0.4, 0.5) is 0 Å². The Bertz CT molecular complexity index is 824. The summed E-state index contributed by atoms with van der Waals surface area (Å²) in [5, 5.41) is 4.61. The quantitative estimate of drug-likeness (QED) is 0.823. The number of fused-ring (bicyclic) bond motifs is 1. The summed E-state index contributed by atoms with van der Waals surface area (Å²) in [5.74, 6) is -0.322. The van der Waals surface area contributed by atoms with Crippen molar-refractivity contribution in [2.24, 2.45) is 5.73 Å². The largest absolute Gasteiger partial charge is 0.377 e. The second-order valence-electron chi connectivity index (χ2n) is 7.61. The fourth-order valence-electron chi connectivity index (χ4n) is 4.31. The lowest BCUT2D eigenvalue weighted by Gasteiger charge is -2.42. The molecule has 27 heavy (non-hydrogen) atoms. The molecule has 2 aromatic rings. The smallest absolute Gasteiger partial charge is 0.237 e. The molecule has 3 heterocycles. The molecular formula is C20H28N4O3. The van der Waals surface area contributed by atoms with E-state index in [1.165, 1.54) is 10.9 Å². The van der Waals surface area contributed by atoms with Crippen molar-refractivity contribution in [3.05, 3.63) is 35.5 Å². The maximum absolute atomic E-state index is 11.6. The number of benzene rings is 1. The van der Waals surface area contributed by atoms with Crippen molar-refractivity contribution in [3.63, 3.8) is 0 Å². The van der Waals surface area contributed by atoms with Crippen molar-refractivity contribution < 1.29 is 14.3 Å². The summed E-state index contributed by atoms with van der Waals surface area (Å²) in [6.07, 6.45) is 0. The molecular weight excluding hydrogens is 344 g/mol. The second kappa shape index (κ2) is 7.59. The number of carbonyl (C=O) groups excluding carboxylic acids is 1. The third-order valence-corrected chi connectivity index (χ3v) is 5.62. The van der Waals surface area contributed by atoms with E-state index in [0.29, 0.717) is 13.2 Å². The number of nitrogens with zero attached hydrogens (tertiary/aromatic N) is 2. The van der Waals surface area contributed by atoms with Crippen molar-refractivity contribution in [2.75, 3.05) is 46.0 Å². The van der Waals surface area contributed by atoms with Crippen LogP contribution in [0.2, 0.25) is 0 Å². The molecule has 1 amide bonds. The first-order valence-electron chi connectivity index (χ1n) is 9.58. The first kappa shape index (κ1) is 18.4. The summed E-state index contributed by atoms with van der Waals surface area (Å²) in [7, 11) is 0. The van der Waals surface area contributed by atoms with Gasteiger partial charge >= 0.3 is 0 Å². The molecule has 0 bridgehead atoms. The summed E-state index contributed by atoms with van der Waals surface area (Å²) in [6, 6.07) is 8.23. The number of nitrogens with one attached hydrogen (secondary N) is 1. The van der Waals surface area contributed by atoms with Crippen LogP contribution in [0.3, 0.4) is 0 Å². The van der Waals surface area contributed by atoms with Gasteiger partial charge in [0.2, 0.25) is 5.91 Å². The van der Waals surface area contributed by atoms with Gasteiger partial charge in [0.25, 0.3) is 0 Å². The van der Waals surface area contributed by atoms with E-state index in [1.54, 1.807) is 0 Å². The van der Waals surface area contributed by atoms with E-state index in [2.05, 4.69) is 29.3 Å². The molecule has 146 valence electrons. The van der Waals surface area contributed by atoms with Gasteiger partial charge in [-0.15, -0.1) is 0 Å². The lowest BCUT2D eigenvalue weighted by atomic mass is 10.0. The summed E-state index contributed by atoms with van der Waals surface area (Å²) >= 11 is 0. The number of nitrogens with two attached hydrogens (primary N) is 1. The summed E-state index contributed by atoms with van der Waals surface area (Å²) in [5.41, 5.74) is 8.61. The highest BCUT2D eigenvalue weighted by molar-refractivity contribution is 5.87. The lowest BCUT2D eigenvalue weighted by molar-refractivity contribution is -0.135. The van der Waals surface area contributed by atoms with Crippen LogP contribution in [0.25, 0.3) is 10.9 Å². The maximum Gasteiger partial charge on any atom is 0.237 e. The molecule has 0 unspecified atom stereocenters. The standard InChI is InChI=1S/C20H28N4O3/c1-15-17(16-4-2-3-5-18(16)24(15)11-19(21)25)10-23-7-9-27-20(13-23)12-22-6-8-26-14-20/h2-5,22H,6-14H2,1H3,(H2,21,25)/t20-/m1/s1. The number of para-hydroxylation sites is 1. The highest BCUT2D eigenvalue weighted by Crippen LogP contribution is 2.29. The third kappa shape index (κ3) is 3.73. The van der Waals surface area contributed by atoms with Crippen molar-refractivity contribution in [2.45, 2.75) is 25.6 Å². The number of morpholine rings is 1. The van der Waals surface area contributed by atoms with E-state index < -0.39 is 0 Å². The zero-order chi connectivity index (χ0) is 18.9. The zero-order valence-corrected chi connectivity index (χ0v) is 15.9. The molecule has 2 aliphatic rings. The van der Waals surface area contributed by atoms with Crippen LogP contribution in [0.15, 0.2) is 24.3 Å². The van der Waals surface area contributed by atoms with Gasteiger partial charge in [-0.25, -0.2) is 0 Å². The average molecular weight is 372 g/mol. The van der Waals surface area contributed by atoms with Gasteiger partial charge in [-0.1, -0.05) is 18.2 Å². The van der Waals surface area contributed by atoms with Gasteiger partial charge in [-0.05, 0) is 18.6 Å². The summed E-state index contributed by atoms with van der Waals surface area (Å²) in [6.45, 7) is 8.54. The monoisotopic (exact) mass is 372 g/mol. The molecule has 3 N–H and O–H groups in total. The Morgan fingerprint density at radius 3 is 3.04 bits per heavy atom. The van der Waals surface area contributed by atoms with Crippen molar-refractivity contribution in [3.8, 4) is 0 Å². The van der Waals surface area contributed by atoms with Gasteiger partial charge in [0, 0.05) is 49.3 Å². The SMILES string of the molecule is Cc1c(CN2CCO[C@]3(CNCCOC3)C2)c2ccccc2n1CC(N)=O. The van der Waals surface area contributed by atoms with E-state index in [0.717, 1.165) is 50.5 Å². The minimum absolute atomic E-state index is 0.206. The minimum Gasteiger partial charge on any atom is -0.377 e. The highest BCUT2D eigenvalue weighted by Gasteiger charge is 2.38. The number of primary amides is 1. The molecule has 2 aliphatic heterocycles. The van der Waals surface area contributed by atoms with Gasteiger partial charge in [-0.3, -0.25) is 9.69 Å². The minimum atomic E-state index is -0.322. The van der Waals surface area contributed by atoms with Gasteiger partial charge in [-0.2, -0.15) is 0 Å². The number of amides is 1. The molecule has 1 aromatic heterocycles. The van der Waals surface area contributed by atoms with Crippen molar-refractivity contribution in [1.29, 1.82) is 0 Å². The molecule has 2 saturated heterocycles. The molecule has 4 rings (SSSR count). The van der Waals surface area contributed by atoms with Gasteiger partial charge in [0.1, 0.15) is 12.1 Å². The lowest BCUT2D eigenvalue weighted by Crippen LogP contribution is -2.57. The second-order valence-corrected chi connectivity index (χ2v) is 7.61. The molecule has 0 radical (unpaired) electrons. The predicted octanol–water partition coefficient (Wildman–Crippen LogP) is 0.626. The van der Waals surface area contributed by atoms with Crippen LogP contribution in [0.1, 0.15) is 11.3 Å². The third-order valence-electron chi connectivity index (χ3n) is 5.62. The van der Waals surface area contributed by atoms with Crippen LogP contribution in [0, 0.1) is 6.92 Å². The Kier molecular flexibility index (Phi) is 5.19. The number of ether oxygens (including phenoxy) is 2. The Morgan fingerprint density at radius 1 is 1.33 bits per heavy atom. The molecule has 0 saturated carbocycles. The Balaban J connectivity index is 1.61. The Hall–Kier alpha value is -1.93. The average Bonchev–Trinajstić information content (AvgIpc) is 2.80. The van der Waals surface area contributed by atoms with Gasteiger partial charge < -0.3 is 25.1 Å². The fourth-order valence-corrected chi connectivity index (χ4v) is 4.31. The van der Waals surface area contributed by atoms with E-state index in [9.17, 15) is 4.79 Å². The first-order valence-corrected chi connectivity index (χ1v) is 9.58. The Labute approximate surface area is 159 Å².